The van der Waals surface area contributed by atoms with Crippen LogP contribution in [0.5, 0.6) is 0 Å². The first kappa shape index (κ1) is 17.0. The van der Waals surface area contributed by atoms with Crippen LogP contribution in [0.15, 0.2) is 24.3 Å². The van der Waals surface area contributed by atoms with Crippen LogP contribution in [-0.4, -0.2) is 24.2 Å². The fourth-order valence-electron chi connectivity index (χ4n) is 3.56. The lowest BCUT2D eigenvalue weighted by Gasteiger charge is -2.19. The Bertz CT molecular complexity index is 484. The molecule has 0 saturated carbocycles. The summed E-state index contributed by atoms with van der Waals surface area (Å²) in [5.41, 5.74) is 2.75. The maximum Gasteiger partial charge on any atom is 0.220 e. The molecule has 1 aromatic carbocycles. The van der Waals surface area contributed by atoms with Crippen molar-refractivity contribution in [3.05, 3.63) is 35.4 Å². The number of amides is 1. The molecule has 1 aliphatic carbocycles. The van der Waals surface area contributed by atoms with Crippen molar-refractivity contribution in [3.63, 3.8) is 0 Å². The number of carbonyl (C=O) groups excluding carboxylic acids is 1. The van der Waals surface area contributed by atoms with Crippen molar-refractivity contribution in [3.8, 4) is 0 Å². The number of aryl methyl sites for hydroxylation is 1. The van der Waals surface area contributed by atoms with Crippen LogP contribution in [-0.2, 0) is 11.2 Å². The summed E-state index contributed by atoms with van der Waals surface area (Å²) in [4.78, 5) is 12.2. The van der Waals surface area contributed by atoms with Gasteiger partial charge in [0, 0.05) is 19.6 Å². The van der Waals surface area contributed by atoms with E-state index < -0.39 is 0 Å². The quantitative estimate of drug-likeness (QED) is 0.774. The van der Waals surface area contributed by atoms with Crippen molar-refractivity contribution < 1.29 is 9.90 Å². The van der Waals surface area contributed by atoms with E-state index in [2.05, 4.69) is 43.4 Å². The van der Waals surface area contributed by atoms with Gasteiger partial charge in [0.1, 0.15) is 0 Å². The van der Waals surface area contributed by atoms with Gasteiger partial charge in [0.25, 0.3) is 0 Å². The Morgan fingerprint density at radius 2 is 2.14 bits per heavy atom. The second-order valence-corrected chi connectivity index (χ2v) is 6.95. The first-order valence-electron chi connectivity index (χ1n) is 8.55. The molecule has 2 unspecified atom stereocenters. The third kappa shape index (κ3) is 4.84. The lowest BCUT2D eigenvalue weighted by atomic mass is 9.94. The van der Waals surface area contributed by atoms with Crippen molar-refractivity contribution in [1.29, 1.82) is 0 Å². The highest BCUT2D eigenvalue weighted by Crippen LogP contribution is 2.35. The molecule has 1 aromatic rings. The number of aliphatic hydroxyl groups is 1. The zero-order valence-corrected chi connectivity index (χ0v) is 13.8. The highest BCUT2D eigenvalue weighted by Gasteiger charge is 2.24. The lowest BCUT2D eigenvalue weighted by Crippen LogP contribution is -2.31. The third-order valence-electron chi connectivity index (χ3n) is 4.62. The summed E-state index contributed by atoms with van der Waals surface area (Å²) in [6.45, 7) is 5.25. The Morgan fingerprint density at radius 1 is 1.36 bits per heavy atom. The van der Waals surface area contributed by atoms with E-state index in [0.717, 1.165) is 25.7 Å². The van der Waals surface area contributed by atoms with Crippen molar-refractivity contribution in [2.24, 2.45) is 11.8 Å². The standard InChI is InChI=1S/C19H29NO2/c1-14(2)11-15(9-10-21)13-20-19(22)12-17-8-7-16-5-3-4-6-18(16)17/h3-6,14-15,17,21H,7-13H2,1-2H3,(H,20,22). The van der Waals surface area contributed by atoms with E-state index >= 15 is 0 Å². The number of fused-ring (bicyclic) bond motifs is 1. The van der Waals surface area contributed by atoms with E-state index in [9.17, 15) is 4.79 Å². The Hall–Kier alpha value is -1.35. The van der Waals surface area contributed by atoms with Gasteiger partial charge in [0.2, 0.25) is 5.91 Å². The molecule has 0 radical (unpaired) electrons. The zero-order valence-electron chi connectivity index (χ0n) is 13.8. The van der Waals surface area contributed by atoms with E-state index in [-0.39, 0.29) is 12.5 Å². The molecule has 1 aliphatic rings. The molecular formula is C19H29NO2. The Morgan fingerprint density at radius 3 is 2.86 bits per heavy atom. The topological polar surface area (TPSA) is 49.3 Å². The summed E-state index contributed by atoms with van der Waals surface area (Å²) in [6, 6.07) is 8.47. The van der Waals surface area contributed by atoms with Gasteiger partial charge in [-0.2, -0.15) is 0 Å². The normalized spacial score (nSPS) is 18.3. The Kier molecular flexibility index (Phi) is 6.44. The maximum absolute atomic E-state index is 12.2. The minimum Gasteiger partial charge on any atom is -0.396 e. The van der Waals surface area contributed by atoms with Crippen LogP contribution < -0.4 is 5.32 Å². The molecule has 22 heavy (non-hydrogen) atoms. The monoisotopic (exact) mass is 303 g/mol. The summed E-state index contributed by atoms with van der Waals surface area (Å²) in [7, 11) is 0. The van der Waals surface area contributed by atoms with Gasteiger partial charge in [-0.15, -0.1) is 0 Å². The molecule has 0 spiro atoms. The molecule has 0 aromatic heterocycles. The zero-order chi connectivity index (χ0) is 15.9. The summed E-state index contributed by atoms with van der Waals surface area (Å²) < 4.78 is 0. The Labute approximate surface area is 134 Å². The van der Waals surface area contributed by atoms with Gasteiger partial charge in [0.15, 0.2) is 0 Å². The van der Waals surface area contributed by atoms with Crippen molar-refractivity contribution in [1.82, 2.24) is 5.32 Å². The van der Waals surface area contributed by atoms with Crippen molar-refractivity contribution in [2.75, 3.05) is 13.2 Å². The minimum atomic E-state index is 0.147. The van der Waals surface area contributed by atoms with E-state index in [0.29, 0.717) is 30.7 Å². The van der Waals surface area contributed by atoms with E-state index in [1.165, 1.54) is 11.1 Å². The molecule has 0 aliphatic heterocycles. The summed E-state index contributed by atoms with van der Waals surface area (Å²) >= 11 is 0. The van der Waals surface area contributed by atoms with E-state index in [1.807, 2.05) is 0 Å². The Balaban J connectivity index is 1.81. The van der Waals surface area contributed by atoms with Crippen molar-refractivity contribution in [2.45, 2.75) is 51.9 Å². The first-order chi connectivity index (χ1) is 10.6. The number of nitrogens with one attached hydrogen (secondary N) is 1. The van der Waals surface area contributed by atoms with E-state index in [1.54, 1.807) is 0 Å². The number of aliphatic hydroxyl groups excluding tert-OH is 1. The number of benzene rings is 1. The second kappa shape index (κ2) is 8.33. The SMILES string of the molecule is CC(C)CC(CCO)CNC(=O)CC1CCc2ccccc21. The molecule has 2 rings (SSSR count). The average Bonchev–Trinajstić information content (AvgIpc) is 2.88. The predicted octanol–water partition coefficient (Wildman–Crippen LogP) is 3.27. The number of carbonyl (C=O) groups is 1. The molecular weight excluding hydrogens is 274 g/mol. The van der Waals surface area contributed by atoms with Gasteiger partial charge in [-0.25, -0.2) is 0 Å². The summed E-state index contributed by atoms with van der Waals surface area (Å²) in [6.07, 6.45) is 4.58. The highest BCUT2D eigenvalue weighted by molar-refractivity contribution is 5.77. The molecule has 0 bridgehead atoms. The molecule has 0 saturated heterocycles. The lowest BCUT2D eigenvalue weighted by molar-refractivity contribution is -0.121. The van der Waals surface area contributed by atoms with Gasteiger partial charge in [-0.3, -0.25) is 4.79 Å². The van der Waals surface area contributed by atoms with Crippen LogP contribution in [0.2, 0.25) is 0 Å². The maximum atomic E-state index is 12.2. The number of rotatable bonds is 8. The average molecular weight is 303 g/mol. The largest absolute Gasteiger partial charge is 0.396 e. The van der Waals surface area contributed by atoms with E-state index in [4.69, 9.17) is 5.11 Å². The molecule has 2 N–H and O–H groups in total. The van der Waals surface area contributed by atoms with Gasteiger partial charge >= 0.3 is 0 Å². The minimum absolute atomic E-state index is 0.147. The molecule has 3 heteroatoms. The number of hydrogen-bond donors (Lipinski definition) is 2. The molecule has 122 valence electrons. The smallest absolute Gasteiger partial charge is 0.220 e. The molecule has 3 nitrogen and oxygen atoms in total. The van der Waals surface area contributed by atoms with Gasteiger partial charge in [-0.1, -0.05) is 38.1 Å². The van der Waals surface area contributed by atoms with Crippen LogP contribution in [0.4, 0.5) is 0 Å². The fraction of sp³-hybridized carbons (Fsp3) is 0.632. The predicted molar refractivity (Wildman–Crippen MR) is 89.8 cm³/mol. The highest BCUT2D eigenvalue weighted by atomic mass is 16.3. The van der Waals surface area contributed by atoms with Gasteiger partial charge in [-0.05, 0) is 54.6 Å². The molecule has 2 atom stereocenters. The van der Waals surface area contributed by atoms with Crippen LogP contribution >= 0.6 is 0 Å². The van der Waals surface area contributed by atoms with Crippen LogP contribution in [0, 0.1) is 11.8 Å². The molecule has 0 fully saturated rings. The summed E-state index contributed by atoms with van der Waals surface area (Å²) in [5, 5.41) is 12.2. The first-order valence-corrected chi connectivity index (χ1v) is 8.55. The number of hydrogen-bond acceptors (Lipinski definition) is 2. The van der Waals surface area contributed by atoms with Crippen LogP contribution in [0.25, 0.3) is 0 Å². The fourth-order valence-corrected chi connectivity index (χ4v) is 3.56. The molecule has 0 heterocycles. The van der Waals surface area contributed by atoms with Gasteiger partial charge in [0.05, 0.1) is 0 Å². The van der Waals surface area contributed by atoms with Crippen molar-refractivity contribution >= 4 is 5.91 Å². The summed E-state index contributed by atoms with van der Waals surface area (Å²) in [5.74, 6) is 1.49. The third-order valence-corrected chi connectivity index (χ3v) is 4.62. The second-order valence-electron chi connectivity index (χ2n) is 6.95. The van der Waals surface area contributed by atoms with Crippen LogP contribution in [0.3, 0.4) is 0 Å². The van der Waals surface area contributed by atoms with Crippen LogP contribution in [0.1, 0.15) is 56.6 Å². The molecule has 1 amide bonds. The van der Waals surface area contributed by atoms with Gasteiger partial charge < -0.3 is 10.4 Å².